The molecule has 0 aliphatic rings. The van der Waals surface area contributed by atoms with E-state index in [1.54, 1.807) is 12.5 Å². The minimum Gasteiger partial charge on any atom is -0.440 e. The Labute approximate surface area is 105 Å². The minimum atomic E-state index is 0.00509. The molecule has 4 heteroatoms. The molecule has 0 radical (unpaired) electrons. The smallest absolute Gasteiger partial charge is 0.255 e. The van der Waals surface area contributed by atoms with Crippen molar-refractivity contribution in [1.29, 1.82) is 0 Å². The molecule has 3 nitrogen and oxygen atoms in total. The lowest BCUT2D eigenvalue weighted by Crippen LogP contribution is -2.13. The van der Waals surface area contributed by atoms with Gasteiger partial charge in [0.25, 0.3) is 5.22 Å². The predicted molar refractivity (Wildman–Crippen MR) is 70.1 cm³/mol. The van der Waals surface area contributed by atoms with Gasteiger partial charge in [-0.15, -0.1) is 0 Å². The van der Waals surface area contributed by atoms with Gasteiger partial charge in [-0.2, -0.15) is 0 Å². The summed E-state index contributed by atoms with van der Waals surface area (Å²) in [4.78, 5) is 4.06. The molecular weight excluding hydrogens is 232 g/mol. The molecule has 2 N–H and O–H groups in total. The third-order valence-corrected chi connectivity index (χ3v) is 3.44. The summed E-state index contributed by atoms with van der Waals surface area (Å²) < 4.78 is 5.16. The Morgan fingerprint density at radius 2 is 2.00 bits per heavy atom. The van der Waals surface area contributed by atoms with Gasteiger partial charge in [0.1, 0.15) is 6.26 Å². The van der Waals surface area contributed by atoms with E-state index in [4.69, 9.17) is 10.2 Å². The monoisotopic (exact) mass is 248 g/mol. The summed E-state index contributed by atoms with van der Waals surface area (Å²) in [6.07, 6.45) is 3.22. The molecule has 0 amide bonds. The van der Waals surface area contributed by atoms with Crippen LogP contribution in [0.1, 0.15) is 22.7 Å². The maximum absolute atomic E-state index is 6.16. The van der Waals surface area contributed by atoms with Crippen LogP contribution >= 0.6 is 11.8 Å². The Morgan fingerprint density at radius 3 is 2.59 bits per heavy atom. The fraction of sp³-hybridized carbons (Fsp3) is 0.308. The second kappa shape index (κ2) is 5.38. The first-order valence-electron chi connectivity index (χ1n) is 5.51. The molecule has 1 aromatic heterocycles. The highest BCUT2D eigenvalue weighted by atomic mass is 32.2. The van der Waals surface area contributed by atoms with Gasteiger partial charge in [-0.1, -0.05) is 41.1 Å². The van der Waals surface area contributed by atoms with Crippen LogP contribution in [0.3, 0.4) is 0 Å². The number of hydrogen-bond donors (Lipinski definition) is 1. The first-order chi connectivity index (χ1) is 8.15. The Hall–Kier alpha value is -1.26. The van der Waals surface area contributed by atoms with Crippen molar-refractivity contribution in [3.63, 3.8) is 0 Å². The summed E-state index contributed by atoms with van der Waals surface area (Å²) in [5.41, 5.74) is 9.82. The quantitative estimate of drug-likeness (QED) is 0.845. The lowest BCUT2D eigenvalue weighted by atomic mass is 10.0. The molecule has 0 saturated carbocycles. The van der Waals surface area contributed by atoms with Crippen molar-refractivity contribution in [2.24, 2.45) is 5.73 Å². The second-order valence-electron chi connectivity index (χ2n) is 4.14. The highest BCUT2D eigenvalue weighted by Crippen LogP contribution is 2.23. The van der Waals surface area contributed by atoms with E-state index in [1.807, 2.05) is 0 Å². The minimum absolute atomic E-state index is 0.00509. The van der Waals surface area contributed by atoms with E-state index in [0.717, 1.165) is 5.75 Å². The Kier molecular flexibility index (Phi) is 3.86. The van der Waals surface area contributed by atoms with E-state index in [9.17, 15) is 0 Å². The number of oxazole rings is 1. The number of thioether (sulfide) groups is 1. The highest BCUT2D eigenvalue weighted by molar-refractivity contribution is 7.99. The number of benzene rings is 1. The van der Waals surface area contributed by atoms with Crippen LogP contribution in [0.25, 0.3) is 0 Å². The predicted octanol–water partition coefficient (Wildman–Crippen LogP) is 3.08. The van der Waals surface area contributed by atoms with Crippen molar-refractivity contribution in [3.05, 3.63) is 47.3 Å². The average molecular weight is 248 g/mol. The lowest BCUT2D eigenvalue weighted by Gasteiger charge is -2.12. The maximum atomic E-state index is 6.16. The van der Waals surface area contributed by atoms with Gasteiger partial charge in [-0.3, -0.25) is 0 Å². The Morgan fingerprint density at radius 1 is 1.29 bits per heavy atom. The Bertz CT molecular complexity index is 462. The van der Waals surface area contributed by atoms with E-state index in [2.05, 4.69) is 37.0 Å². The van der Waals surface area contributed by atoms with Crippen LogP contribution in [-0.2, 0) is 0 Å². The van der Waals surface area contributed by atoms with Gasteiger partial charge in [-0.05, 0) is 19.4 Å². The normalized spacial score (nSPS) is 12.6. The van der Waals surface area contributed by atoms with Crippen LogP contribution in [-0.4, -0.2) is 10.7 Å². The van der Waals surface area contributed by atoms with Crippen LogP contribution in [0, 0.1) is 13.8 Å². The first-order valence-corrected chi connectivity index (χ1v) is 6.50. The van der Waals surface area contributed by atoms with Gasteiger partial charge in [0.15, 0.2) is 0 Å². The van der Waals surface area contributed by atoms with Crippen molar-refractivity contribution in [1.82, 2.24) is 4.98 Å². The van der Waals surface area contributed by atoms with Crippen molar-refractivity contribution in [2.45, 2.75) is 25.1 Å². The van der Waals surface area contributed by atoms with Gasteiger partial charge in [0.05, 0.1) is 6.20 Å². The Balaban J connectivity index is 2.01. The van der Waals surface area contributed by atoms with Crippen LogP contribution in [0.4, 0.5) is 0 Å². The van der Waals surface area contributed by atoms with E-state index in [-0.39, 0.29) is 6.04 Å². The van der Waals surface area contributed by atoms with E-state index < -0.39 is 0 Å². The third kappa shape index (κ3) is 3.35. The topological polar surface area (TPSA) is 52.0 Å². The fourth-order valence-corrected chi connectivity index (χ4v) is 2.54. The maximum Gasteiger partial charge on any atom is 0.255 e. The number of rotatable bonds is 4. The SMILES string of the molecule is Cc1cc(C)cc(C(N)CSc2ncco2)c1. The molecule has 90 valence electrons. The van der Waals surface area contributed by atoms with Gasteiger partial charge < -0.3 is 10.2 Å². The molecule has 1 atom stereocenters. The van der Waals surface area contributed by atoms with Gasteiger partial charge in [-0.25, -0.2) is 4.98 Å². The molecule has 0 aliphatic heterocycles. The van der Waals surface area contributed by atoms with Crippen LogP contribution < -0.4 is 5.73 Å². The van der Waals surface area contributed by atoms with E-state index in [0.29, 0.717) is 5.22 Å². The molecule has 0 fully saturated rings. The highest BCUT2D eigenvalue weighted by Gasteiger charge is 2.09. The third-order valence-electron chi connectivity index (χ3n) is 2.47. The lowest BCUT2D eigenvalue weighted by molar-refractivity contribution is 0.454. The molecule has 0 aliphatic carbocycles. The summed E-state index contributed by atoms with van der Waals surface area (Å²) in [5.74, 6) is 0.767. The zero-order valence-corrected chi connectivity index (χ0v) is 10.8. The molecule has 17 heavy (non-hydrogen) atoms. The summed E-state index contributed by atoms with van der Waals surface area (Å²) in [6.45, 7) is 4.18. The number of aromatic nitrogens is 1. The molecule has 1 heterocycles. The molecule has 1 aromatic carbocycles. The second-order valence-corrected chi connectivity index (χ2v) is 5.11. The summed E-state index contributed by atoms with van der Waals surface area (Å²) in [6, 6.07) is 6.42. The van der Waals surface area contributed by atoms with Crippen molar-refractivity contribution in [3.8, 4) is 0 Å². The molecule has 0 bridgehead atoms. The fourth-order valence-electron chi connectivity index (χ4n) is 1.76. The summed E-state index contributed by atoms with van der Waals surface area (Å²) in [7, 11) is 0. The van der Waals surface area contributed by atoms with E-state index >= 15 is 0 Å². The summed E-state index contributed by atoms with van der Waals surface area (Å²) >= 11 is 1.54. The summed E-state index contributed by atoms with van der Waals surface area (Å²) in [5, 5.41) is 0.671. The van der Waals surface area contributed by atoms with Crippen LogP contribution in [0.2, 0.25) is 0 Å². The standard InChI is InChI=1S/C13H16N2OS/c1-9-5-10(2)7-11(6-9)12(14)8-17-13-15-3-4-16-13/h3-7,12H,8,14H2,1-2H3. The number of nitrogens with two attached hydrogens (primary N) is 1. The molecule has 0 spiro atoms. The van der Waals surface area contributed by atoms with Crippen molar-refractivity contribution < 1.29 is 4.42 Å². The first kappa shape index (κ1) is 12.2. The van der Waals surface area contributed by atoms with Crippen LogP contribution in [0.5, 0.6) is 0 Å². The van der Waals surface area contributed by atoms with Crippen LogP contribution in [0.15, 0.2) is 40.3 Å². The van der Waals surface area contributed by atoms with E-state index in [1.165, 1.54) is 28.5 Å². The van der Waals surface area contributed by atoms with Crippen molar-refractivity contribution >= 4 is 11.8 Å². The number of nitrogens with zero attached hydrogens (tertiary/aromatic N) is 1. The number of hydrogen-bond acceptors (Lipinski definition) is 4. The zero-order valence-electron chi connectivity index (χ0n) is 10.0. The molecule has 1 unspecified atom stereocenters. The number of aryl methyl sites for hydroxylation is 2. The molecule has 2 rings (SSSR count). The largest absolute Gasteiger partial charge is 0.440 e. The zero-order chi connectivity index (χ0) is 12.3. The van der Waals surface area contributed by atoms with Gasteiger partial charge in [0.2, 0.25) is 0 Å². The van der Waals surface area contributed by atoms with Gasteiger partial charge in [0, 0.05) is 11.8 Å². The average Bonchev–Trinajstić information content (AvgIpc) is 2.77. The van der Waals surface area contributed by atoms with Gasteiger partial charge >= 0.3 is 0 Å². The molecule has 0 saturated heterocycles. The van der Waals surface area contributed by atoms with Crippen molar-refractivity contribution in [2.75, 3.05) is 5.75 Å². The molecular formula is C13H16N2OS. The molecule has 2 aromatic rings.